The van der Waals surface area contributed by atoms with Crippen molar-refractivity contribution < 1.29 is 5.11 Å². The molecule has 1 fully saturated rings. The topological polar surface area (TPSA) is 33.1 Å². The summed E-state index contributed by atoms with van der Waals surface area (Å²) in [6, 6.07) is 0. The lowest BCUT2D eigenvalue weighted by Gasteiger charge is -2.45. The summed E-state index contributed by atoms with van der Waals surface area (Å²) in [4.78, 5) is 5.14. The Balaban J connectivity index is 2.44. The summed E-state index contributed by atoms with van der Waals surface area (Å²) in [5.41, 5.74) is 0.968. The number of aliphatic hydroxyl groups is 1. The van der Waals surface area contributed by atoms with Gasteiger partial charge in [-0.15, -0.1) is 11.3 Å². The first-order valence-corrected chi connectivity index (χ1v) is 7.70. The summed E-state index contributed by atoms with van der Waals surface area (Å²) >= 11 is 6.77. The van der Waals surface area contributed by atoms with Crippen LogP contribution in [0, 0.1) is 5.41 Å². The number of nitrogens with zero attached hydrogens (tertiary/aromatic N) is 1. The van der Waals surface area contributed by atoms with Crippen LogP contribution in [0.3, 0.4) is 0 Å². The van der Waals surface area contributed by atoms with Gasteiger partial charge in [-0.1, -0.05) is 13.8 Å². The van der Waals surface area contributed by atoms with Crippen LogP contribution in [-0.2, 0) is 5.60 Å². The quantitative estimate of drug-likeness (QED) is 0.864. The van der Waals surface area contributed by atoms with E-state index in [0.29, 0.717) is 0 Å². The molecule has 5 heteroatoms. The van der Waals surface area contributed by atoms with E-state index in [0.717, 1.165) is 27.4 Å². The van der Waals surface area contributed by atoms with Gasteiger partial charge in [0.2, 0.25) is 0 Å². The summed E-state index contributed by atoms with van der Waals surface area (Å²) in [5, 5.41) is 10.9. The van der Waals surface area contributed by atoms with Crippen LogP contribution in [0.1, 0.15) is 25.1 Å². The predicted octanol–water partition coefficient (Wildman–Crippen LogP) is 3.26. The molecule has 0 bridgehead atoms. The van der Waals surface area contributed by atoms with E-state index in [1.165, 1.54) is 11.3 Å². The molecule has 1 N–H and O–H groups in total. The van der Waals surface area contributed by atoms with Gasteiger partial charge in [0.15, 0.2) is 0 Å². The minimum Gasteiger partial charge on any atom is -0.383 e. The molecule has 0 amide bonds. The number of halogens is 1. The Kier molecular flexibility index (Phi) is 3.19. The third-order valence-corrected chi connectivity index (χ3v) is 6.16. The SMILES string of the molecule is CC1(C)CCSCC1(O)c1scnc1Br. The van der Waals surface area contributed by atoms with Gasteiger partial charge in [-0.3, -0.25) is 0 Å². The average Bonchev–Trinajstić information content (AvgIpc) is 2.57. The van der Waals surface area contributed by atoms with E-state index >= 15 is 0 Å². The fraction of sp³-hybridized carbons (Fsp3) is 0.700. The molecule has 1 saturated heterocycles. The van der Waals surface area contributed by atoms with Gasteiger partial charge in [0.1, 0.15) is 10.2 Å². The number of rotatable bonds is 1. The highest BCUT2D eigenvalue weighted by Gasteiger charge is 2.48. The fourth-order valence-corrected chi connectivity index (χ4v) is 5.35. The largest absolute Gasteiger partial charge is 0.383 e. The molecule has 15 heavy (non-hydrogen) atoms. The molecule has 1 aliphatic heterocycles. The molecule has 2 rings (SSSR count). The Bertz CT molecular complexity index is 366. The number of thiazole rings is 1. The van der Waals surface area contributed by atoms with Crippen LogP contribution in [0.2, 0.25) is 0 Å². The standard InChI is InChI=1S/C10H14BrNOS2/c1-9(2)3-4-14-5-10(9,13)7-8(11)12-6-15-7/h6,13H,3-5H2,1-2H3. The smallest absolute Gasteiger partial charge is 0.123 e. The minimum absolute atomic E-state index is 0.0761. The molecule has 2 heterocycles. The Morgan fingerprint density at radius 3 is 2.80 bits per heavy atom. The van der Waals surface area contributed by atoms with Gasteiger partial charge in [0.25, 0.3) is 0 Å². The second-order valence-corrected chi connectivity index (χ2v) is 7.23. The van der Waals surface area contributed by atoms with E-state index in [9.17, 15) is 5.11 Å². The van der Waals surface area contributed by atoms with Gasteiger partial charge in [-0.2, -0.15) is 11.8 Å². The molecule has 1 unspecified atom stereocenters. The Morgan fingerprint density at radius 2 is 2.27 bits per heavy atom. The maximum absolute atomic E-state index is 10.9. The lowest BCUT2D eigenvalue weighted by molar-refractivity contribution is -0.0555. The lowest BCUT2D eigenvalue weighted by atomic mass is 9.73. The number of hydrogen-bond donors (Lipinski definition) is 1. The van der Waals surface area contributed by atoms with Crippen molar-refractivity contribution in [3.63, 3.8) is 0 Å². The number of thioether (sulfide) groups is 1. The van der Waals surface area contributed by atoms with Crippen molar-refractivity contribution in [1.82, 2.24) is 4.98 Å². The lowest BCUT2D eigenvalue weighted by Crippen LogP contribution is -2.46. The highest BCUT2D eigenvalue weighted by Crippen LogP contribution is 2.51. The summed E-state index contributed by atoms with van der Waals surface area (Å²) in [6.07, 6.45) is 1.04. The van der Waals surface area contributed by atoms with Crippen LogP contribution in [0.15, 0.2) is 10.1 Å². The molecule has 0 saturated carbocycles. The maximum atomic E-state index is 10.9. The second kappa shape index (κ2) is 4.02. The van der Waals surface area contributed by atoms with Crippen LogP contribution in [0.4, 0.5) is 0 Å². The van der Waals surface area contributed by atoms with E-state index < -0.39 is 5.60 Å². The van der Waals surface area contributed by atoms with Gasteiger partial charge < -0.3 is 5.11 Å². The van der Waals surface area contributed by atoms with Crippen molar-refractivity contribution in [3.8, 4) is 0 Å². The van der Waals surface area contributed by atoms with Gasteiger partial charge in [0.05, 0.1) is 10.4 Å². The third kappa shape index (κ3) is 1.88. The van der Waals surface area contributed by atoms with Gasteiger partial charge in [-0.05, 0) is 28.1 Å². The first kappa shape index (κ1) is 11.9. The maximum Gasteiger partial charge on any atom is 0.123 e. The molecular weight excluding hydrogens is 294 g/mol. The summed E-state index contributed by atoms with van der Waals surface area (Å²) in [7, 11) is 0. The van der Waals surface area contributed by atoms with Crippen LogP contribution in [0.5, 0.6) is 0 Å². The van der Waals surface area contributed by atoms with Crippen molar-refractivity contribution in [2.45, 2.75) is 25.9 Å². The van der Waals surface area contributed by atoms with Crippen molar-refractivity contribution in [2.24, 2.45) is 5.41 Å². The zero-order valence-electron chi connectivity index (χ0n) is 8.79. The van der Waals surface area contributed by atoms with Gasteiger partial charge >= 0.3 is 0 Å². The van der Waals surface area contributed by atoms with Gasteiger partial charge in [-0.25, -0.2) is 4.98 Å². The van der Waals surface area contributed by atoms with Crippen molar-refractivity contribution in [2.75, 3.05) is 11.5 Å². The van der Waals surface area contributed by atoms with E-state index in [2.05, 4.69) is 34.8 Å². The van der Waals surface area contributed by atoms with E-state index in [-0.39, 0.29) is 5.41 Å². The van der Waals surface area contributed by atoms with E-state index in [1.807, 2.05) is 11.8 Å². The number of hydrogen-bond acceptors (Lipinski definition) is 4. The van der Waals surface area contributed by atoms with Crippen LogP contribution >= 0.6 is 39.0 Å². The molecule has 1 aromatic heterocycles. The van der Waals surface area contributed by atoms with Crippen molar-refractivity contribution in [1.29, 1.82) is 0 Å². The number of aromatic nitrogens is 1. The van der Waals surface area contributed by atoms with Crippen molar-refractivity contribution in [3.05, 3.63) is 15.0 Å². The summed E-state index contributed by atoms with van der Waals surface area (Å²) in [6.45, 7) is 4.28. The van der Waals surface area contributed by atoms with E-state index in [4.69, 9.17) is 0 Å². The molecule has 0 aromatic carbocycles. The Hall–Kier alpha value is 0.420. The first-order valence-electron chi connectivity index (χ1n) is 4.87. The van der Waals surface area contributed by atoms with Crippen molar-refractivity contribution >= 4 is 39.0 Å². The zero-order chi connectivity index (χ0) is 11.1. The fourth-order valence-electron chi connectivity index (χ4n) is 1.82. The molecule has 84 valence electrons. The third-order valence-electron chi connectivity index (χ3n) is 3.20. The van der Waals surface area contributed by atoms with Crippen LogP contribution in [-0.4, -0.2) is 21.6 Å². The predicted molar refractivity (Wildman–Crippen MR) is 69.4 cm³/mol. The normalized spacial score (nSPS) is 30.4. The van der Waals surface area contributed by atoms with Gasteiger partial charge in [0, 0.05) is 11.2 Å². The summed E-state index contributed by atoms with van der Waals surface area (Å²) in [5.74, 6) is 1.90. The molecule has 1 aliphatic rings. The second-order valence-electron chi connectivity index (χ2n) is 4.52. The summed E-state index contributed by atoms with van der Waals surface area (Å²) < 4.78 is 0.797. The minimum atomic E-state index is -0.740. The molecule has 1 atom stereocenters. The highest BCUT2D eigenvalue weighted by atomic mass is 79.9. The monoisotopic (exact) mass is 307 g/mol. The highest BCUT2D eigenvalue weighted by molar-refractivity contribution is 9.10. The molecule has 2 nitrogen and oxygen atoms in total. The van der Waals surface area contributed by atoms with Crippen LogP contribution < -0.4 is 0 Å². The molecule has 1 aromatic rings. The molecule has 0 radical (unpaired) electrons. The average molecular weight is 308 g/mol. The first-order chi connectivity index (χ1) is 6.97. The molecule has 0 aliphatic carbocycles. The zero-order valence-corrected chi connectivity index (χ0v) is 12.0. The van der Waals surface area contributed by atoms with E-state index in [1.54, 1.807) is 5.51 Å². The molecular formula is C10H14BrNOS2. The Labute approximate surface area is 107 Å². The van der Waals surface area contributed by atoms with Crippen LogP contribution in [0.25, 0.3) is 0 Å². The Morgan fingerprint density at radius 1 is 1.53 bits per heavy atom. The molecule has 0 spiro atoms.